The fourth-order valence-electron chi connectivity index (χ4n) is 3.17. The van der Waals surface area contributed by atoms with Crippen molar-refractivity contribution in [3.05, 3.63) is 80.6 Å². The summed E-state index contributed by atoms with van der Waals surface area (Å²) in [6, 6.07) is 13.5. The number of halogens is 1. The highest BCUT2D eigenvalue weighted by atomic mass is 35.5. The zero-order valence-electron chi connectivity index (χ0n) is 16.5. The number of pyridine rings is 1. The molecule has 146 valence electrons. The lowest BCUT2D eigenvalue weighted by Crippen LogP contribution is -2.29. The summed E-state index contributed by atoms with van der Waals surface area (Å²) in [6.07, 6.45) is 3.88. The number of aromatic nitrogens is 1. The molecule has 3 aromatic rings. The van der Waals surface area contributed by atoms with Gasteiger partial charge in [-0.25, -0.2) is 0 Å². The molecule has 28 heavy (non-hydrogen) atoms. The van der Waals surface area contributed by atoms with E-state index in [1.54, 1.807) is 18.3 Å². The number of fused-ring (bicyclic) bond motifs is 1. The molecule has 1 fully saturated rings. The second-order valence-corrected chi connectivity index (χ2v) is 7.28. The molecule has 2 aromatic carbocycles. The van der Waals surface area contributed by atoms with Crippen LogP contribution in [0.1, 0.15) is 54.2 Å². The average molecular weight is 397 g/mol. The van der Waals surface area contributed by atoms with Crippen LogP contribution in [0.5, 0.6) is 0 Å². The standard InChI is InChI=1S/C21H19ClN2O2.C2H6/c1-13-2-9-19-17(10-13)20(25)18(12-24(19)16-7-8-16)21(26)23-11-14-3-5-15(22)6-4-14;1-2/h2-6,9-10,12,16H,7-8,11H2,1H3,(H,23,26);1-2H3. The van der Waals surface area contributed by atoms with Crippen molar-refractivity contribution in [3.8, 4) is 0 Å². The summed E-state index contributed by atoms with van der Waals surface area (Å²) in [4.78, 5) is 25.6. The van der Waals surface area contributed by atoms with Crippen LogP contribution in [-0.4, -0.2) is 10.5 Å². The highest BCUT2D eigenvalue weighted by Gasteiger charge is 2.26. The van der Waals surface area contributed by atoms with E-state index in [-0.39, 0.29) is 16.9 Å². The second kappa shape index (κ2) is 8.61. The molecular weight excluding hydrogens is 372 g/mol. The van der Waals surface area contributed by atoms with Gasteiger partial charge < -0.3 is 9.88 Å². The number of carbonyl (C=O) groups is 1. The Kier molecular flexibility index (Phi) is 6.20. The van der Waals surface area contributed by atoms with E-state index in [4.69, 9.17) is 11.6 Å². The first kappa shape index (κ1) is 20.2. The number of nitrogens with one attached hydrogen (secondary N) is 1. The highest BCUT2D eigenvalue weighted by Crippen LogP contribution is 2.37. The van der Waals surface area contributed by atoms with Gasteiger partial charge in [-0.3, -0.25) is 9.59 Å². The molecular formula is C23H25ClN2O2. The summed E-state index contributed by atoms with van der Waals surface area (Å²) >= 11 is 5.88. The van der Waals surface area contributed by atoms with Gasteiger partial charge in [0.25, 0.3) is 5.91 Å². The van der Waals surface area contributed by atoms with Gasteiger partial charge in [0.1, 0.15) is 5.56 Å². The first-order valence-corrected chi connectivity index (χ1v) is 10.1. The number of aryl methyl sites for hydroxylation is 1. The lowest BCUT2D eigenvalue weighted by molar-refractivity contribution is 0.0949. The molecule has 1 aromatic heterocycles. The molecule has 0 atom stereocenters. The van der Waals surface area contributed by atoms with Crippen LogP contribution in [0.3, 0.4) is 0 Å². The number of benzene rings is 2. The van der Waals surface area contributed by atoms with Crippen molar-refractivity contribution in [1.82, 2.24) is 9.88 Å². The van der Waals surface area contributed by atoms with Crippen LogP contribution in [0.25, 0.3) is 10.9 Å². The zero-order chi connectivity index (χ0) is 20.3. The Balaban J connectivity index is 0.00000109. The molecule has 1 amide bonds. The predicted molar refractivity (Wildman–Crippen MR) is 115 cm³/mol. The van der Waals surface area contributed by atoms with Crippen molar-refractivity contribution in [2.75, 3.05) is 0 Å². The summed E-state index contributed by atoms with van der Waals surface area (Å²) in [7, 11) is 0. The Labute approximate surface area is 170 Å². The number of hydrogen-bond acceptors (Lipinski definition) is 2. The molecule has 4 nitrogen and oxygen atoms in total. The van der Waals surface area contributed by atoms with E-state index in [0.29, 0.717) is 23.0 Å². The maximum absolute atomic E-state index is 12.9. The zero-order valence-corrected chi connectivity index (χ0v) is 17.2. The maximum Gasteiger partial charge on any atom is 0.257 e. The molecule has 0 unspecified atom stereocenters. The maximum atomic E-state index is 12.9. The molecule has 0 bridgehead atoms. The third-order valence-electron chi connectivity index (χ3n) is 4.74. The van der Waals surface area contributed by atoms with Gasteiger partial charge in [-0.2, -0.15) is 0 Å². The van der Waals surface area contributed by atoms with Gasteiger partial charge in [0.05, 0.1) is 5.52 Å². The number of hydrogen-bond donors (Lipinski definition) is 1. The number of carbonyl (C=O) groups excluding carboxylic acids is 1. The quantitative estimate of drug-likeness (QED) is 0.654. The summed E-state index contributed by atoms with van der Waals surface area (Å²) in [5.74, 6) is -0.345. The Hall–Kier alpha value is -2.59. The van der Waals surface area contributed by atoms with E-state index in [9.17, 15) is 9.59 Å². The van der Waals surface area contributed by atoms with Gasteiger partial charge >= 0.3 is 0 Å². The van der Waals surface area contributed by atoms with E-state index in [1.807, 2.05) is 51.1 Å². The molecule has 1 saturated carbocycles. The minimum absolute atomic E-state index is 0.198. The molecule has 1 N–H and O–H groups in total. The van der Waals surface area contributed by atoms with Crippen LogP contribution in [0, 0.1) is 6.92 Å². The van der Waals surface area contributed by atoms with Crippen LogP contribution < -0.4 is 10.7 Å². The van der Waals surface area contributed by atoms with E-state index in [2.05, 4.69) is 9.88 Å². The first-order chi connectivity index (χ1) is 13.5. The lowest BCUT2D eigenvalue weighted by Gasteiger charge is -2.13. The molecule has 5 heteroatoms. The van der Waals surface area contributed by atoms with Gasteiger partial charge in [-0.15, -0.1) is 0 Å². The molecule has 0 spiro atoms. The summed E-state index contributed by atoms with van der Waals surface area (Å²) in [5.41, 5.74) is 2.83. The Morgan fingerprint density at radius 1 is 1.14 bits per heavy atom. The van der Waals surface area contributed by atoms with Gasteiger partial charge in [-0.1, -0.05) is 49.2 Å². The van der Waals surface area contributed by atoms with Crippen LogP contribution in [0.4, 0.5) is 0 Å². The normalized spacial score (nSPS) is 13.0. The SMILES string of the molecule is CC.Cc1ccc2c(c1)c(=O)c(C(=O)NCc1ccc(Cl)cc1)cn2C1CC1. The first-order valence-electron chi connectivity index (χ1n) is 9.71. The Morgan fingerprint density at radius 2 is 1.82 bits per heavy atom. The van der Waals surface area contributed by atoms with Crippen molar-refractivity contribution in [2.45, 2.75) is 46.2 Å². The molecule has 1 aliphatic rings. The molecule has 0 aliphatic heterocycles. The van der Waals surface area contributed by atoms with Gasteiger partial charge in [-0.05, 0) is 49.6 Å². The fraction of sp³-hybridized carbons (Fsp3) is 0.304. The van der Waals surface area contributed by atoms with Crippen LogP contribution >= 0.6 is 11.6 Å². The average Bonchev–Trinajstić information content (AvgIpc) is 3.55. The largest absolute Gasteiger partial charge is 0.348 e. The predicted octanol–water partition coefficient (Wildman–Crippen LogP) is 5.25. The van der Waals surface area contributed by atoms with Crippen LogP contribution in [0.15, 0.2) is 53.5 Å². The lowest BCUT2D eigenvalue weighted by atomic mass is 10.1. The summed E-state index contributed by atoms with van der Waals surface area (Å²) < 4.78 is 2.08. The van der Waals surface area contributed by atoms with Gasteiger partial charge in [0.2, 0.25) is 5.43 Å². The van der Waals surface area contributed by atoms with E-state index < -0.39 is 0 Å². The molecule has 0 radical (unpaired) electrons. The molecule has 1 aliphatic carbocycles. The fourth-order valence-corrected chi connectivity index (χ4v) is 3.29. The van der Waals surface area contributed by atoms with Crippen LogP contribution in [-0.2, 0) is 6.54 Å². The van der Waals surface area contributed by atoms with Crippen molar-refractivity contribution >= 4 is 28.4 Å². The summed E-state index contributed by atoms with van der Waals surface area (Å²) in [6.45, 7) is 6.30. The Bertz CT molecular complexity index is 1050. The molecule has 1 heterocycles. The van der Waals surface area contributed by atoms with E-state index in [1.165, 1.54) is 0 Å². The minimum Gasteiger partial charge on any atom is -0.348 e. The van der Waals surface area contributed by atoms with Crippen LogP contribution in [0.2, 0.25) is 5.02 Å². The van der Waals surface area contributed by atoms with Gasteiger partial charge in [0, 0.05) is 29.2 Å². The Morgan fingerprint density at radius 3 is 2.46 bits per heavy atom. The smallest absolute Gasteiger partial charge is 0.257 e. The number of amides is 1. The van der Waals surface area contributed by atoms with Gasteiger partial charge in [0.15, 0.2) is 0 Å². The second-order valence-electron chi connectivity index (χ2n) is 6.84. The minimum atomic E-state index is -0.345. The van der Waals surface area contributed by atoms with E-state index in [0.717, 1.165) is 29.5 Å². The topological polar surface area (TPSA) is 51.1 Å². The highest BCUT2D eigenvalue weighted by molar-refractivity contribution is 6.30. The van der Waals surface area contributed by atoms with Crippen molar-refractivity contribution < 1.29 is 4.79 Å². The summed E-state index contributed by atoms with van der Waals surface area (Å²) in [5, 5.41) is 4.10. The molecule has 4 rings (SSSR count). The van der Waals surface area contributed by atoms with Crippen molar-refractivity contribution in [3.63, 3.8) is 0 Å². The van der Waals surface area contributed by atoms with Crippen molar-refractivity contribution in [2.24, 2.45) is 0 Å². The number of nitrogens with zero attached hydrogens (tertiary/aromatic N) is 1. The van der Waals surface area contributed by atoms with Crippen molar-refractivity contribution in [1.29, 1.82) is 0 Å². The third-order valence-corrected chi connectivity index (χ3v) is 4.99. The third kappa shape index (κ3) is 4.28. The molecule has 0 saturated heterocycles. The number of rotatable bonds is 4. The monoisotopic (exact) mass is 396 g/mol. The van der Waals surface area contributed by atoms with E-state index >= 15 is 0 Å².